The Labute approximate surface area is 175 Å². The molecule has 3 heterocycles. The van der Waals surface area contributed by atoms with Gasteiger partial charge in [0.1, 0.15) is 0 Å². The van der Waals surface area contributed by atoms with Crippen molar-refractivity contribution in [2.24, 2.45) is 5.92 Å². The van der Waals surface area contributed by atoms with Gasteiger partial charge in [0, 0.05) is 41.0 Å². The average molecular weight is 416 g/mol. The number of carbonyl (C=O) groups is 2. The SMILES string of the molecule is CCOC(=O)c1nn(CC(C)C)c2c1CN(C(=O)c1csc3c1CCCC3)CC2. The van der Waals surface area contributed by atoms with E-state index in [0.29, 0.717) is 37.7 Å². The van der Waals surface area contributed by atoms with Crippen molar-refractivity contribution in [2.75, 3.05) is 13.2 Å². The monoisotopic (exact) mass is 415 g/mol. The summed E-state index contributed by atoms with van der Waals surface area (Å²) in [4.78, 5) is 29.1. The van der Waals surface area contributed by atoms with Gasteiger partial charge in [-0.1, -0.05) is 13.8 Å². The van der Waals surface area contributed by atoms with Crippen LogP contribution >= 0.6 is 11.3 Å². The van der Waals surface area contributed by atoms with Gasteiger partial charge in [0.25, 0.3) is 5.91 Å². The first-order valence-corrected chi connectivity index (χ1v) is 11.5. The van der Waals surface area contributed by atoms with Crippen LogP contribution in [0, 0.1) is 5.92 Å². The number of rotatable bonds is 5. The van der Waals surface area contributed by atoms with Crippen molar-refractivity contribution in [3.8, 4) is 0 Å². The first kappa shape index (κ1) is 20.1. The number of ether oxygens (including phenoxy) is 1. The van der Waals surface area contributed by atoms with Crippen LogP contribution in [0.1, 0.15) is 76.2 Å². The third-order valence-electron chi connectivity index (χ3n) is 5.72. The van der Waals surface area contributed by atoms with Crippen LogP contribution < -0.4 is 0 Å². The maximum absolute atomic E-state index is 13.3. The summed E-state index contributed by atoms with van der Waals surface area (Å²) in [7, 11) is 0. The van der Waals surface area contributed by atoms with Crippen molar-refractivity contribution in [3.05, 3.63) is 38.3 Å². The highest BCUT2D eigenvalue weighted by atomic mass is 32.1. The van der Waals surface area contributed by atoms with E-state index in [2.05, 4.69) is 18.9 Å². The molecule has 0 radical (unpaired) electrons. The van der Waals surface area contributed by atoms with Crippen LogP contribution in [0.5, 0.6) is 0 Å². The van der Waals surface area contributed by atoms with Crippen LogP contribution in [0.25, 0.3) is 0 Å². The van der Waals surface area contributed by atoms with Gasteiger partial charge in [-0.15, -0.1) is 11.3 Å². The van der Waals surface area contributed by atoms with Crippen LogP contribution in [0.3, 0.4) is 0 Å². The number of aryl methyl sites for hydroxylation is 1. The number of esters is 1. The fraction of sp³-hybridized carbons (Fsp3) is 0.591. The van der Waals surface area contributed by atoms with E-state index in [4.69, 9.17) is 4.74 Å². The lowest BCUT2D eigenvalue weighted by molar-refractivity contribution is 0.0513. The number of hydrogen-bond donors (Lipinski definition) is 0. The highest BCUT2D eigenvalue weighted by molar-refractivity contribution is 7.10. The molecule has 0 aromatic carbocycles. The zero-order valence-corrected chi connectivity index (χ0v) is 18.3. The normalized spacial score (nSPS) is 15.9. The summed E-state index contributed by atoms with van der Waals surface area (Å²) in [6, 6.07) is 0. The number of carbonyl (C=O) groups excluding carboxylic acids is 2. The molecule has 1 aliphatic heterocycles. The van der Waals surface area contributed by atoms with E-state index in [0.717, 1.165) is 42.6 Å². The van der Waals surface area contributed by atoms with Crippen molar-refractivity contribution in [3.63, 3.8) is 0 Å². The summed E-state index contributed by atoms with van der Waals surface area (Å²) in [6.07, 6.45) is 5.17. The van der Waals surface area contributed by atoms with Gasteiger partial charge in [-0.2, -0.15) is 5.10 Å². The molecule has 1 aliphatic carbocycles. The third kappa shape index (κ3) is 3.84. The van der Waals surface area contributed by atoms with Crippen molar-refractivity contribution < 1.29 is 14.3 Å². The Bertz CT molecular complexity index is 928. The van der Waals surface area contributed by atoms with Crippen LogP contribution in [-0.4, -0.2) is 39.7 Å². The zero-order valence-electron chi connectivity index (χ0n) is 17.5. The van der Waals surface area contributed by atoms with Gasteiger partial charge in [0.05, 0.1) is 18.7 Å². The summed E-state index contributed by atoms with van der Waals surface area (Å²) in [5, 5.41) is 6.61. The Morgan fingerprint density at radius 3 is 2.76 bits per heavy atom. The highest BCUT2D eigenvalue weighted by Crippen LogP contribution is 2.32. The van der Waals surface area contributed by atoms with Gasteiger partial charge in [0.2, 0.25) is 0 Å². The average Bonchev–Trinajstić information content (AvgIpc) is 3.29. The molecule has 0 atom stereocenters. The molecule has 1 amide bonds. The fourth-order valence-electron chi connectivity index (χ4n) is 4.37. The van der Waals surface area contributed by atoms with Gasteiger partial charge in [-0.3, -0.25) is 9.48 Å². The molecule has 4 rings (SSSR count). The van der Waals surface area contributed by atoms with Gasteiger partial charge < -0.3 is 9.64 Å². The quantitative estimate of drug-likeness (QED) is 0.696. The van der Waals surface area contributed by atoms with E-state index in [-0.39, 0.29) is 5.91 Å². The first-order valence-electron chi connectivity index (χ1n) is 10.6. The molecule has 156 valence electrons. The fourth-order valence-corrected chi connectivity index (χ4v) is 5.49. The molecular formula is C22H29N3O3S. The number of amides is 1. The van der Waals surface area contributed by atoms with Crippen molar-refractivity contribution >= 4 is 23.2 Å². The molecule has 0 N–H and O–H groups in total. The van der Waals surface area contributed by atoms with Gasteiger partial charge in [-0.25, -0.2) is 4.79 Å². The zero-order chi connectivity index (χ0) is 20.5. The summed E-state index contributed by atoms with van der Waals surface area (Å²) >= 11 is 1.72. The number of thiophene rings is 1. The van der Waals surface area contributed by atoms with E-state index >= 15 is 0 Å². The van der Waals surface area contributed by atoms with Crippen molar-refractivity contribution in [2.45, 2.75) is 66.0 Å². The molecule has 0 unspecified atom stereocenters. The molecule has 0 bridgehead atoms. The minimum atomic E-state index is -0.395. The molecule has 2 aliphatic rings. The van der Waals surface area contributed by atoms with Crippen LogP contribution in [0.4, 0.5) is 0 Å². The second-order valence-electron chi connectivity index (χ2n) is 8.31. The van der Waals surface area contributed by atoms with Gasteiger partial charge >= 0.3 is 5.97 Å². The molecule has 29 heavy (non-hydrogen) atoms. The number of nitrogens with zero attached hydrogens (tertiary/aromatic N) is 3. The third-order valence-corrected chi connectivity index (χ3v) is 6.81. The molecule has 2 aromatic rings. The predicted molar refractivity (Wildman–Crippen MR) is 112 cm³/mol. The molecule has 0 spiro atoms. The number of fused-ring (bicyclic) bond motifs is 2. The molecule has 7 heteroatoms. The molecular weight excluding hydrogens is 386 g/mol. The lowest BCUT2D eigenvalue weighted by Gasteiger charge is -2.28. The summed E-state index contributed by atoms with van der Waals surface area (Å²) in [5.74, 6) is 0.112. The van der Waals surface area contributed by atoms with E-state index < -0.39 is 5.97 Å². The topological polar surface area (TPSA) is 64.4 Å². The largest absolute Gasteiger partial charge is 0.461 e. The van der Waals surface area contributed by atoms with E-state index in [1.165, 1.54) is 16.9 Å². The van der Waals surface area contributed by atoms with E-state index in [1.54, 1.807) is 18.3 Å². The maximum Gasteiger partial charge on any atom is 0.359 e. The van der Waals surface area contributed by atoms with Crippen LogP contribution in [-0.2, 0) is 37.1 Å². The van der Waals surface area contributed by atoms with E-state index in [9.17, 15) is 9.59 Å². The number of aromatic nitrogens is 2. The van der Waals surface area contributed by atoms with E-state index in [1.807, 2.05) is 15.0 Å². The second kappa shape index (κ2) is 8.30. The summed E-state index contributed by atoms with van der Waals surface area (Å²) in [5.41, 5.74) is 4.40. The predicted octanol–water partition coefficient (Wildman–Crippen LogP) is 3.85. The Morgan fingerprint density at radius 1 is 1.21 bits per heavy atom. The second-order valence-corrected chi connectivity index (χ2v) is 9.27. The molecule has 0 saturated carbocycles. The van der Waals surface area contributed by atoms with Gasteiger partial charge in [0.15, 0.2) is 5.69 Å². The number of hydrogen-bond acceptors (Lipinski definition) is 5. The Hall–Kier alpha value is -2.15. The van der Waals surface area contributed by atoms with Crippen LogP contribution in [0.15, 0.2) is 5.38 Å². The summed E-state index contributed by atoms with van der Waals surface area (Å²) < 4.78 is 7.18. The molecule has 6 nitrogen and oxygen atoms in total. The minimum Gasteiger partial charge on any atom is -0.461 e. The molecule has 0 saturated heterocycles. The standard InChI is InChI=1S/C22H29N3O3S/c1-4-28-22(27)20-16-12-24(10-9-18(16)25(23-20)11-14(2)3)21(26)17-13-29-19-8-6-5-7-15(17)19/h13-14H,4-12H2,1-3H3. The Kier molecular flexibility index (Phi) is 5.76. The molecule has 2 aromatic heterocycles. The smallest absolute Gasteiger partial charge is 0.359 e. The lowest BCUT2D eigenvalue weighted by Crippen LogP contribution is -2.37. The molecule has 0 fully saturated rings. The van der Waals surface area contributed by atoms with Gasteiger partial charge in [-0.05, 0) is 44.1 Å². The Morgan fingerprint density at radius 2 is 2.00 bits per heavy atom. The lowest BCUT2D eigenvalue weighted by atomic mass is 9.95. The minimum absolute atomic E-state index is 0.0847. The maximum atomic E-state index is 13.3. The first-order chi connectivity index (χ1) is 14.0. The van der Waals surface area contributed by atoms with Crippen molar-refractivity contribution in [1.82, 2.24) is 14.7 Å². The highest BCUT2D eigenvalue weighted by Gasteiger charge is 2.32. The van der Waals surface area contributed by atoms with Crippen LogP contribution in [0.2, 0.25) is 0 Å². The van der Waals surface area contributed by atoms with Crippen molar-refractivity contribution in [1.29, 1.82) is 0 Å². The Balaban J connectivity index is 1.63. The summed E-state index contributed by atoms with van der Waals surface area (Å²) in [6.45, 7) is 8.22.